The van der Waals surface area contributed by atoms with E-state index in [1.165, 1.54) is 12.0 Å². The Morgan fingerprint density at radius 2 is 2.27 bits per heavy atom. The van der Waals surface area contributed by atoms with Crippen molar-refractivity contribution in [2.45, 2.75) is 26.2 Å². The van der Waals surface area contributed by atoms with Crippen LogP contribution in [0.3, 0.4) is 0 Å². The maximum absolute atomic E-state index is 11.6. The Hall–Kier alpha value is -1.56. The zero-order valence-electron chi connectivity index (χ0n) is 13.4. The molecule has 1 N–H and O–H groups in total. The molecule has 22 heavy (non-hydrogen) atoms. The summed E-state index contributed by atoms with van der Waals surface area (Å²) >= 11 is 1.77. The van der Waals surface area contributed by atoms with Crippen LogP contribution >= 0.6 is 11.3 Å². The maximum Gasteiger partial charge on any atom is 0.308 e. The topological polar surface area (TPSA) is 53.9 Å². The van der Waals surface area contributed by atoms with Crippen molar-refractivity contribution < 1.29 is 9.53 Å². The number of hydrogen-bond donors (Lipinski definition) is 1. The lowest BCUT2D eigenvalue weighted by Crippen LogP contribution is -2.46. The zero-order chi connectivity index (χ0) is 15.8. The van der Waals surface area contributed by atoms with Crippen molar-refractivity contribution in [2.75, 3.05) is 33.3 Å². The Morgan fingerprint density at radius 1 is 1.50 bits per heavy atom. The number of rotatable bonds is 5. The molecule has 0 aliphatic carbocycles. The number of carbonyl (C=O) groups is 1. The van der Waals surface area contributed by atoms with Gasteiger partial charge < -0.3 is 15.0 Å². The Morgan fingerprint density at radius 3 is 2.86 bits per heavy atom. The van der Waals surface area contributed by atoms with Crippen LogP contribution in [0.25, 0.3) is 0 Å². The van der Waals surface area contributed by atoms with Crippen molar-refractivity contribution in [3.05, 3.63) is 22.4 Å². The number of nitrogens with zero attached hydrogens (tertiary/aromatic N) is 2. The Labute approximate surface area is 136 Å². The molecule has 2 heterocycles. The molecule has 0 atom stereocenters. The zero-order valence-corrected chi connectivity index (χ0v) is 14.2. The van der Waals surface area contributed by atoms with Gasteiger partial charge in [-0.1, -0.05) is 6.07 Å². The maximum atomic E-state index is 11.6. The van der Waals surface area contributed by atoms with Gasteiger partial charge in [0.05, 0.1) is 13.0 Å². The highest BCUT2D eigenvalue weighted by Crippen LogP contribution is 2.18. The molecule has 1 fully saturated rings. The first kappa shape index (κ1) is 16.8. The molecular formula is C16H25N3O2S. The standard InChI is InChI=1S/C16H25N3O2S/c1-3-17-16(18-9-6-14-5-4-12-22-14)19-10-7-13(8-11-19)15(20)21-2/h4-5,12-13H,3,6-11H2,1-2H3,(H,17,18). The second kappa shape index (κ2) is 8.78. The van der Waals surface area contributed by atoms with E-state index < -0.39 is 0 Å². The van der Waals surface area contributed by atoms with Crippen LogP contribution in [0.5, 0.6) is 0 Å². The normalized spacial score (nSPS) is 16.6. The van der Waals surface area contributed by atoms with Crippen molar-refractivity contribution in [1.82, 2.24) is 10.2 Å². The van der Waals surface area contributed by atoms with Gasteiger partial charge in [0.2, 0.25) is 0 Å². The van der Waals surface area contributed by atoms with Crippen LogP contribution in [-0.4, -0.2) is 50.1 Å². The molecule has 0 unspecified atom stereocenters. The largest absolute Gasteiger partial charge is 0.469 e. The summed E-state index contributed by atoms with van der Waals surface area (Å²) in [5.41, 5.74) is 0. The third-order valence-corrected chi connectivity index (χ3v) is 4.80. The molecule has 5 nitrogen and oxygen atoms in total. The molecule has 0 radical (unpaired) electrons. The van der Waals surface area contributed by atoms with Crippen molar-refractivity contribution in [2.24, 2.45) is 10.9 Å². The summed E-state index contributed by atoms with van der Waals surface area (Å²) in [6.07, 6.45) is 2.65. The Balaban J connectivity index is 1.86. The molecular weight excluding hydrogens is 298 g/mol. The van der Waals surface area contributed by atoms with Gasteiger partial charge in [-0.2, -0.15) is 0 Å². The number of piperidine rings is 1. The van der Waals surface area contributed by atoms with Gasteiger partial charge in [-0.3, -0.25) is 9.79 Å². The number of carbonyl (C=O) groups excluding carboxylic acids is 1. The first-order valence-electron chi connectivity index (χ1n) is 7.88. The lowest BCUT2D eigenvalue weighted by molar-refractivity contribution is -0.146. The molecule has 0 bridgehead atoms. The Kier molecular flexibility index (Phi) is 6.71. The van der Waals surface area contributed by atoms with Crippen molar-refractivity contribution in [3.8, 4) is 0 Å². The lowest BCUT2D eigenvalue weighted by atomic mass is 9.97. The molecule has 1 saturated heterocycles. The SMILES string of the molecule is CCNC(=NCCc1cccs1)N1CCC(C(=O)OC)CC1. The second-order valence-electron chi connectivity index (χ2n) is 5.35. The average molecular weight is 323 g/mol. The van der Waals surface area contributed by atoms with E-state index in [2.05, 4.69) is 34.7 Å². The quantitative estimate of drug-likeness (QED) is 0.512. The van der Waals surface area contributed by atoms with Crippen LogP contribution in [0.15, 0.2) is 22.5 Å². The molecule has 1 aliphatic rings. The fourth-order valence-corrected chi connectivity index (χ4v) is 3.34. The fourth-order valence-electron chi connectivity index (χ4n) is 2.65. The molecule has 0 saturated carbocycles. The first-order valence-corrected chi connectivity index (χ1v) is 8.76. The van der Waals surface area contributed by atoms with Gasteiger partial charge in [0.15, 0.2) is 5.96 Å². The van der Waals surface area contributed by atoms with Crippen LogP contribution < -0.4 is 5.32 Å². The summed E-state index contributed by atoms with van der Waals surface area (Å²) in [4.78, 5) is 19.9. The Bertz CT molecular complexity index is 480. The van der Waals surface area contributed by atoms with E-state index in [1.54, 1.807) is 11.3 Å². The smallest absolute Gasteiger partial charge is 0.308 e. The van der Waals surface area contributed by atoms with E-state index in [0.29, 0.717) is 0 Å². The number of aliphatic imine (C=N–C) groups is 1. The molecule has 1 aromatic heterocycles. The molecule has 2 rings (SSSR count). The number of hydrogen-bond acceptors (Lipinski definition) is 4. The summed E-state index contributed by atoms with van der Waals surface area (Å²) in [5.74, 6) is 0.914. The van der Waals surface area contributed by atoms with Gasteiger partial charge in [-0.25, -0.2) is 0 Å². The minimum Gasteiger partial charge on any atom is -0.469 e. The van der Waals surface area contributed by atoms with Crippen LogP contribution in [-0.2, 0) is 16.0 Å². The van der Waals surface area contributed by atoms with Gasteiger partial charge in [-0.05, 0) is 31.2 Å². The fraction of sp³-hybridized carbons (Fsp3) is 0.625. The van der Waals surface area contributed by atoms with E-state index in [1.807, 2.05) is 0 Å². The predicted octanol–water partition coefficient (Wildman–Crippen LogP) is 2.14. The van der Waals surface area contributed by atoms with Gasteiger partial charge in [0.25, 0.3) is 0 Å². The van der Waals surface area contributed by atoms with E-state index in [9.17, 15) is 4.79 Å². The summed E-state index contributed by atoms with van der Waals surface area (Å²) in [7, 11) is 1.46. The van der Waals surface area contributed by atoms with Crippen molar-refractivity contribution in [3.63, 3.8) is 0 Å². The highest BCUT2D eigenvalue weighted by atomic mass is 32.1. The minimum atomic E-state index is -0.0840. The highest BCUT2D eigenvalue weighted by Gasteiger charge is 2.26. The predicted molar refractivity (Wildman–Crippen MR) is 90.3 cm³/mol. The van der Waals surface area contributed by atoms with Crippen molar-refractivity contribution in [1.29, 1.82) is 0 Å². The van der Waals surface area contributed by atoms with Crippen LogP contribution in [0.1, 0.15) is 24.6 Å². The van der Waals surface area contributed by atoms with Gasteiger partial charge in [0, 0.05) is 37.5 Å². The second-order valence-corrected chi connectivity index (χ2v) is 6.38. The number of guanidine groups is 1. The van der Waals surface area contributed by atoms with Gasteiger partial charge in [-0.15, -0.1) is 11.3 Å². The number of methoxy groups -OCH3 is 1. The van der Waals surface area contributed by atoms with E-state index in [-0.39, 0.29) is 11.9 Å². The molecule has 1 aliphatic heterocycles. The number of ether oxygens (including phenoxy) is 1. The summed E-state index contributed by atoms with van der Waals surface area (Å²) in [6, 6.07) is 4.22. The first-order chi connectivity index (χ1) is 10.7. The van der Waals surface area contributed by atoms with Crippen LogP contribution in [0.2, 0.25) is 0 Å². The molecule has 1 aromatic rings. The van der Waals surface area contributed by atoms with E-state index in [4.69, 9.17) is 9.73 Å². The van der Waals surface area contributed by atoms with Crippen molar-refractivity contribution >= 4 is 23.3 Å². The average Bonchev–Trinajstić information content (AvgIpc) is 3.07. The molecule has 0 amide bonds. The summed E-state index contributed by atoms with van der Waals surface area (Å²) < 4.78 is 4.84. The summed E-state index contributed by atoms with van der Waals surface area (Å²) in [5, 5.41) is 5.45. The number of esters is 1. The van der Waals surface area contributed by atoms with E-state index >= 15 is 0 Å². The van der Waals surface area contributed by atoms with Crippen LogP contribution in [0, 0.1) is 5.92 Å². The van der Waals surface area contributed by atoms with Crippen LogP contribution in [0.4, 0.5) is 0 Å². The molecule has 0 spiro atoms. The molecule has 0 aromatic carbocycles. The highest BCUT2D eigenvalue weighted by molar-refractivity contribution is 7.09. The third kappa shape index (κ3) is 4.73. The van der Waals surface area contributed by atoms with E-state index in [0.717, 1.165) is 51.4 Å². The summed E-state index contributed by atoms with van der Waals surface area (Å²) in [6.45, 7) is 5.43. The molecule has 6 heteroatoms. The number of likely N-dealkylation sites (tertiary alicyclic amines) is 1. The van der Waals surface area contributed by atoms with Gasteiger partial charge in [0.1, 0.15) is 0 Å². The van der Waals surface area contributed by atoms with Gasteiger partial charge >= 0.3 is 5.97 Å². The number of thiophene rings is 1. The minimum absolute atomic E-state index is 0.0373. The molecule has 122 valence electrons. The third-order valence-electron chi connectivity index (χ3n) is 3.86. The monoisotopic (exact) mass is 323 g/mol. The lowest BCUT2D eigenvalue weighted by Gasteiger charge is -2.33. The number of nitrogens with one attached hydrogen (secondary N) is 1.